The van der Waals surface area contributed by atoms with Crippen molar-refractivity contribution in [1.82, 2.24) is 0 Å². The number of ketones is 1. The lowest BCUT2D eigenvalue weighted by atomic mass is 9.67. The Labute approximate surface area is 125 Å². The average molecular weight is 289 g/mol. The van der Waals surface area contributed by atoms with Crippen molar-refractivity contribution in [2.45, 2.75) is 44.6 Å². The molecule has 4 nitrogen and oxygen atoms in total. The van der Waals surface area contributed by atoms with Crippen LogP contribution >= 0.6 is 0 Å². The van der Waals surface area contributed by atoms with Gasteiger partial charge >= 0.3 is 0 Å². The number of Topliss-reactive ketones (excluding diaryl/α,β-unsaturated/α-hetero) is 1. The molecule has 4 rings (SSSR count). The first-order valence-corrected chi connectivity index (χ1v) is 7.80. The minimum absolute atomic E-state index is 0.242. The van der Waals surface area contributed by atoms with Gasteiger partial charge in [0.05, 0.1) is 7.11 Å². The summed E-state index contributed by atoms with van der Waals surface area (Å²) in [6, 6.07) is 4.11. The molecule has 3 aliphatic rings. The smallest absolute Gasteiger partial charge is 0.173 e. The van der Waals surface area contributed by atoms with Crippen molar-refractivity contribution in [3.63, 3.8) is 0 Å². The fraction of sp³-hybridized carbons (Fsp3) is 0.588. The van der Waals surface area contributed by atoms with Crippen molar-refractivity contribution in [3.8, 4) is 11.5 Å². The van der Waals surface area contributed by atoms with Gasteiger partial charge in [0.1, 0.15) is 0 Å². The highest BCUT2D eigenvalue weighted by molar-refractivity contribution is 5.87. The Morgan fingerprint density at radius 1 is 1.33 bits per heavy atom. The van der Waals surface area contributed by atoms with Crippen LogP contribution in [0.3, 0.4) is 0 Å². The van der Waals surface area contributed by atoms with Gasteiger partial charge in [0.15, 0.2) is 23.4 Å². The Balaban J connectivity index is 0.000000409. The predicted octanol–water partition coefficient (Wildman–Crippen LogP) is 2.43. The van der Waals surface area contributed by atoms with Gasteiger partial charge < -0.3 is 15.2 Å². The average Bonchev–Trinajstić information content (AvgIpc) is 2.90. The molecule has 0 saturated heterocycles. The number of carbonyl (C=O) groups excluding carboxylic acids is 1. The number of aryl methyl sites for hydroxylation is 1. The zero-order valence-electron chi connectivity index (χ0n) is 12.7. The van der Waals surface area contributed by atoms with Crippen LogP contribution in [0.1, 0.15) is 43.2 Å². The van der Waals surface area contributed by atoms with Crippen LogP contribution in [0.15, 0.2) is 12.1 Å². The predicted molar refractivity (Wildman–Crippen MR) is 80.9 cm³/mol. The Hall–Kier alpha value is -1.55. The van der Waals surface area contributed by atoms with Crippen molar-refractivity contribution in [2.24, 2.45) is 11.7 Å². The first kappa shape index (κ1) is 14.4. The summed E-state index contributed by atoms with van der Waals surface area (Å²) in [5.74, 6) is 2.79. The number of hydrogen-bond donors (Lipinski definition) is 1. The molecule has 1 heterocycles. The van der Waals surface area contributed by atoms with Crippen LogP contribution in [0.25, 0.3) is 0 Å². The number of carbonyl (C=O) groups is 1. The monoisotopic (exact) mass is 289 g/mol. The third-order valence-electron chi connectivity index (χ3n) is 4.75. The van der Waals surface area contributed by atoms with Crippen LogP contribution in [0, 0.1) is 5.92 Å². The van der Waals surface area contributed by atoms with E-state index in [0.717, 1.165) is 30.9 Å². The quantitative estimate of drug-likeness (QED) is 0.862. The van der Waals surface area contributed by atoms with E-state index in [4.69, 9.17) is 15.2 Å². The van der Waals surface area contributed by atoms with E-state index in [0.29, 0.717) is 18.3 Å². The maximum absolute atomic E-state index is 12.1. The van der Waals surface area contributed by atoms with Gasteiger partial charge in [-0.25, -0.2) is 0 Å². The number of benzene rings is 1. The van der Waals surface area contributed by atoms with E-state index < -0.39 is 0 Å². The lowest BCUT2D eigenvalue weighted by molar-refractivity contribution is -0.129. The summed E-state index contributed by atoms with van der Waals surface area (Å²) in [6.45, 7) is 2.65. The fourth-order valence-electron chi connectivity index (χ4n) is 3.90. The topological polar surface area (TPSA) is 61.6 Å². The van der Waals surface area contributed by atoms with E-state index in [9.17, 15) is 4.79 Å². The maximum Gasteiger partial charge on any atom is 0.173 e. The van der Waals surface area contributed by atoms with Crippen LogP contribution in [0.4, 0.5) is 0 Å². The number of rotatable bonds is 1. The van der Waals surface area contributed by atoms with Crippen LogP contribution in [0.5, 0.6) is 11.5 Å². The molecule has 0 radical (unpaired) electrons. The molecule has 1 aromatic rings. The highest BCUT2D eigenvalue weighted by atomic mass is 16.5. The SMILES string of the molecule is CCN.COc1ccc2c3c1OC1C(=O)CCC(CC2)C31. The van der Waals surface area contributed by atoms with E-state index in [1.165, 1.54) is 17.5 Å². The van der Waals surface area contributed by atoms with Crippen molar-refractivity contribution in [3.05, 3.63) is 23.3 Å². The van der Waals surface area contributed by atoms with Gasteiger partial charge in [-0.1, -0.05) is 13.0 Å². The van der Waals surface area contributed by atoms with Gasteiger partial charge in [-0.2, -0.15) is 0 Å². The molecular formula is C17H23NO3. The van der Waals surface area contributed by atoms with Crippen LogP contribution in [-0.4, -0.2) is 25.5 Å². The van der Waals surface area contributed by atoms with Gasteiger partial charge in [0.25, 0.3) is 0 Å². The summed E-state index contributed by atoms with van der Waals surface area (Å²) in [4.78, 5) is 12.1. The third kappa shape index (κ3) is 2.22. The second kappa shape index (κ2) is 5.68. The summed E-state index contributed by atoms with van der Waals surface area (Å²) in [6.07, 6.45) is 3.76. The minimum atomic E-state index is -0.242. The van der Waals surface area contributed by atoms with Crippen molar-refractivity contribution >= 4 is 5.78 Å². The number of nitrogens with two attached hydrogens (primary N) is 1. The van der Waals surface area contributed by atoms with Crippen molar-refractivity contribution < 1.29 is 14.3 Å². The zero-order chi connectivity index (χ0) is 15.0. The van der Waals surface area contributed by atoms with E-state index in [-0.39, 0.29) is 11.9 Å². The molecule has 1 fully saturated rings. The number of methoxy groups -OCH3 is 1. The van der Waals surface area contributed by atoms with Crippen molar-refractivity contribution in [1.29, 1.82) is 0 Å². The summed E-state index contributed by atoms with van der Waals surface area (Å²) >= 11 is 0. The minimum Gasteiger partial charge on any atom is -0.493 e. The number of ether oxygens (including phenoxy) is 2. The van der Waals surface area contributed by atoms with Crippen LogP contribution < -0.4 is 15.2 Å². The molecule has 0 amide bonds. The summed E-state index contributed by atoms with van der Waals surface area (Å²) in [7, 11) is 1.66. The molecule has 0 spiro atoms. The second-order valence-electron chi connectivity index (χ2n) is 5.95. The molecule has 2 aliphatic carbocycles. The van der Waals surface area contributed by atoms with Gasteiger partial charge in [0.2, 0.25) is 0 Å². The maximum atomic E-state index is 12.1. The van der Waals surface area contributed by atoms with Crippen LogP contribution in [-0.2, 0) is 11.2 Å². The Bertz CT molecular complexity index is 555. The summed E-state index contributed by atoms with van der Waals surface area (Å²) in [5, 5.41) is 0. The normalized spacial score (nSPS) is 28.1. The van der Waals surface area contributed by atoms with Gasteiger partial charge in [-0.15, -0.1) is 0 Å². The van der Waals surface area contributed by atoms with E-state index in [1.54, 1.807) is 7.11 Å². The molecule has 1 saturated carbocycles. The van der Waals surface area contributed by atoms with E-state index >= 15 is 0 Å². The largest absolute Gasteiger partial charge is 0.493 e. The first-order chi connectivity index (χ1) is 10.2. The molecule has 1 aliphatic heterocycles. The highest BCUT2D eigenvalue weighted by Gasteiger charge is 2.50. The third-order valence-corrected chi connectivity index (χ3v) is 4.75. The van der Waals surface area contributed by atoms with Crippen molar-refractivity contribution in [2.75, 3.05) is 13.7 Å². The lowest BCUT2D eigenvalue weighted by Gasteiger charge is -2.35. The number of hydrogen-bond acceptors (Lipinski definition) is 4. The van der Waals surface area contributed by atoms with E-state index in [1.807, 2.05) is 13.0 Å². The molecule has 0 aromatic heterocycles. The molecule has 4 heteroatoms. The molecular weight excluding hydrogens is 266 g/mol. The lowest BCUT2D eigenvalue weighted by Crippen LogP contribution is -2.39. The molecule has 1 aromatic carbocycles. The second-order valence-corrected chi connectivity index (χ2v) is 5.95. The molecule has 0 bridgehead atoms. The van der Waals surface area contributed by atoms with Gasteiger partial charge in [-0.3, -0.25) is 4.79 Å². The highest BCUT2D eigenvalue weighted by Crippen LogP contribution is 2.55. The Kier molecular flexibility index (Phi) is 3.89. The Morgan fingerprint density at radius 3 is 2.76 bits per heavy atom. The van der Waals surface area contributed by atoms with E-state index in [2.05, 4.69) is 6.07 Å². The molecule has 114 valence electrons. The standard InChI is InChI=1S/C15H16O3.C2H7N/c1-17-11-7-5-9-3-2-8-4-6-10(16)14-12(8)13(9)15(11)18-14;1-2-3/h5,7-8,12,14H,2-4,6H2,1H3;2-3H2,1H3. The first-order valence-electron chi connectivity index (χ1n) is 7.80. The molecule has 2 N–H and O–H groups in total. The molecule has 21 heavy (non-hydrogen) atoms. The molecule has 3 unspecified atom stereocenters. The van der Waals surface area contributed by atoms with Gasteiger partial charge in [0, 0.05) is 17.9 Å². The van der Waals surface area contributed by atoms with Crippen LogP contribution in [0.2, 0.25) is 0 Å². The molecule has 3 atom stereocenters. The van der Waals surface area contributed by atoms with Gasteiger partial charge in [-0.05, 0) is 43.4 Å². The Morgan fingerprint density at radius 2 is 2.05 bits per heavy atom. The summed E-state index contributed by atoms with van der Waals surface area (Å²) < 4.78 is 11.3. The zero-order valence-corrected chi connectivity index (χ0v) is 12.7. The summed E-state index contributed by atoms with van der Waals surface area (Å²) in [5.41, 5.74) is 7.47. The fourth-order valence-corrected chi connectivity index (χ4v) is 3.90.